The number of methoxy groups -OCH3 is 1. The van der Waals surface area contributed by atoms with Crippen molar-refractivity contribution in [3.63, 3.8) is 0 Å². The summed E-state index contributed by atoms with van der Waals surface area (Å²) in [7, 11) is 3.34. The van der Waals surface area contributed by atoms with Gasteiger partial charge in [-0.15, -0.1) is 0 Å². The van der Waals surface area contributed by atoms with E-state index in [1.165, 1.54) is 0 Å². The normalized spacial score (nSPS) is 10.9. The van der Waals surface area contributed by atoms with E-state index in [9.17, 15) is 10.1 Å². The maximum atomic E-state index is 12.4. The van der Waals surface area contributed by atoms with E-state index < -0.39 is 0 Å². The molecule has 2 aromatic rings. The van der Waals surface area contributed by atoms with E-state index in [1.807, 2.05) is 6.07 Å². The molecule has 0 unspecified atom stereocenters. The fourth-order valence-corrected chi connectivity index (χ4v) is 2.43. The summed E-state index contributed by atoms with van der Waals surface area (Å²) in [5, 5.41) is 14.0. The Bertz CT molecular complexity index is 751. The van der Waals surface area contributed by atoms with Crippen LogP contribution in [0.4, 0.5) is 5.82 Å². The average molecular weight is 275 g/mol. The van der Waals surface area contributed by atoms with Crippen molar-refractivity contribution in [1.29, 1.82) is 5.26 Å². The van der Waals surface area contributed by atoms with Gasteiger partial charge in [-0.2, -0.15) is 10.4 Å². The second-order valence-electron chi connectivity index (χ2n) is 4.62. The quantitative estimate of drug-likeness (QED) is 0.821. The lowest BCUT2D eigenvalue weighted by Crippen LogP contribution is -2.26. The number of fused-ring (bicyclic) bond motifs is 1. The van der Waals surface area contributed by atoms with E-state index in [-0.39, 0.29) is 11.1 Å². The molecule has 2 rings (SSSR count). The van der Waals surface area contributed by atoms with Crippen LogP contribution >= 0.6 is 0 Å². The van der Waals surface area contributed by atoms with Crippen LogP contribution in [0.5, 0.6) is 0 Å². The van der Waals surface area contributed by atoms with Gasteiger partial charge in [0.25, 0.3) is 5.56 Å². The van der Waals surface area contributed by atoms with Crippen molar-refractivity contribution < 1.29 is 4.74 Å². The zero-order chi connectivity index (χ0) is 14.9. The van der Waals surface area contributed by atoms with Crippen molar-refractivity contribution in [3.05, 3.63) is 21.5 Å². The number of nitriles is 1. The summed E-state index contributed by atoms with van der Waals surface area (Å²) < 4.78 is 8.13. The fourth-order valence-electron chi connectivity index (χ4n) is 2.43. The van der Waals surface area contributed by atoms with Crippen LogP contribution in [0.15, 0.2) is 4.79 Å². The van der Waals surface area contributed by atoms with E-state index in [4.69, 9.17) is 10.5 Å². The molecule has 0 spiro atoms. The molecule has 7 nitrogen and oxygen atoms in total. The summed E-state index contributed by atoms with van der Waals surface area (Å²) in [5.74, 6) is 0.331. The molecule has 0 aromatic carbocycles. The zero-order valence-electron chi connectivity index (χ0n) is 11.8. The van der Waals surface area contributed by atoms with Crippen molar-refractivity contribution >= 4 is 16.9 Å². The molecule has 0 atom stereocenters. The number of nitrogens with zero attached hydrogens (tertiary/aromatic N) is 4. The third-order valence-electron chi connectivity index (χ3n) is 3.35. The maximum absolute atomic E-state index is 12.4. The van der Waals surface area contributed by atoms with E-state index in [0.717, 1.165) is 0 Å². The standard InChI is InChI=1S/C13H17N5O2/c1-8-9(7-14)13(19)18(5-4-6-20-3)12-10(8)11(15)16-17(12)2/h4-6H2,1-3H3,(H2,15,16). The molecule has 106 valence electrons. The van der Waals surface area contributed by atoms with Crippen LogP contribution in [0.25, 0.3) is 11.0 Å². The SMILES string of the molecule is COCCCn1c(=O)c(C#N)c(C)c2c(N)nn(C)c21. The topological polar surface area (TPSA) is 98.9 Å². The number of aromatic nitrogens is 3. The molecule has 7 heteroatoms. The molecular formula is C13H17N5O2. The second kappa shape index (κ2) is 5.35. The molecule has 0 aliphatic rings. The molecule has 0 aliphatic heterocycles. The monoisotopic (exact) mass is 275 g/mol. The zero-order valence-corrected chi connectivity index (χ0v) is 11.8. The molecule has 0 saturated heterocycles. The first-order valence-corrected chi connectivity index (χ1v) is 6.27. The van der Waals surface area contributed by atoms with E-state index >= 15 is 0 Å². The van der Waals surface area contributed by atoms with Gasteiger partial charge in [0.1, 0.15) is 17.3 Å². The first-order valence-electron chi connectivity index (χ1n) is 6.27. The molecule has 0 radical (unpaired) electrons. The van der Waals surface area contributed by atoms with Gasteiger partial charge >= 0.3 is 0 Å². The summed E-state index contributed by atoms with van der Waals surface area (Å²) in [6.45, 7) is 2.72. The Labute approximate surface area is 116 Å². The van der Waals surface area contributed by atoms with Gasteiger partial charge in [-0.1, -0.05) is 0 Å². The lowest BCUT2D eigenvalue weighted by molar-refractivity contribution is 0.190. The summed E-state index contributed by atoms with van der Waals surface area (Å²) in [6, 6.07) is 1.97. The molecule has 20 heavy (non-hydrogen) atoms. The first kappa shape index (κ1) is 14.1. The Morgan fingerprint density at radius 1 is 1.50 bits per heavy atom. The van der Waals surface area contributed by atoms with Gasteiger partial charge in [-0.25, -0.2) is 4.68 Å². The van der Waals surface area contributed by atoms with E-state index in [2.05, 4.69) is 5.10 Å². The molecule has 0 fully saturated rings. The van der Waals surface area contributed by atoms with Crippen molar-refractivity contribution in [3.8, 4) is 6.07 Å². The van der Waals surface area contributed by atoms with Gasteiger partial charge in [-0.05, 0) is 18.9 Å². The van der Waals surface area contributed by atoms with E-state index in [1.54, 1.807) is 30.3 Å². The molecule has 0 bridgehead atoms. The number of pyridine rings is 1. The summed E-state index contributed by atoms with van der Waals surface area (Å²) >= 11 is 0. The predicted octanol–water partition coefficient (Wildman–Crippen LogP) is 0.534. The van der Waals surface area contributed by atoms with Crippen LogP contribution in [0.2, 0.25) is 0 Å². The lowest BCUT2D eigenvalue weighted by Gasteiger charge is -2.11. The van der Waals surface area contributed by atoms with Gasteiger partial charge in [0, 0.05) is 27.3 Å². The number of hydrogen-bond donors (Lipinski definition) is 1. The van der Waals surface area contributed by atoms with Crippen LogP contribution in [0, 0.1) is 18.3 Å². The van der Waals surface area contributed by atoms with Gasteiger partial charge in [-0.3, -0.25) is 9.36 Å². The number of nitrogen functional groups attached to an aromatic ring is 1. The molecule has 2 aromatic heterocycles. The number of nitrogens with two attached hydrogens (primary N) is 1. The van der Waals surface area contributed by atoms with Gasteiger partial charge < -0.3 is 10.5 Å². The van der Waals surface area contributed by atoms with E-state index in [0.29, 0.717) is 42.0 Å². The Kier molecular flexibility index (Phi) is 3.77. The molecule has 2 N–H and O–H groups in total. The molecule has 2 heterocycles. The Morgan fingerprint density at radius 2 is 2.20 bits per heavy atom. The number of hydrogen-bond acceptors (Lipinski definition) is 5. The minimum absolute atomic E-state index is 0.120. The van der Waals surface area contributed by atoms with Crippen molar-refractivity contribution in [2.45, 2.75) is 19.9 Å². The number of aryl methyl sites for hydroxylation is 3. The Hall–Kier alpha value is -2.33. The van der Waals surface area contributed by atoms with Gasteiger partial charge in [0.15, 0.2) is 5.82 Å². The molecular weight excluding hydrogens is 258 g/mol. The summed E-state index contributed by atoms with van der Waals surface area (Å²) in [4.78, 5) is 12.4. The molecule has 0 amide bonds. The Balaban J connectivity index is 2.77. The number of ether oxygens (including phenoxy) is 1. The highest BCUT2D eigenvalue weighted by molar-refractivity contribution is 5.91. The van der Waals surface area contributed by atoms with Crippen LogP contribution < -0.4 is 11.3 Å². The molecule has 0 saturated carbocycles. The summed E-state index contributed by atoms with van der Waals surface area (Å²) in [5.41, 5.74) is 6.93. The van der Waals surface area contributed by atoms with Crippen LogP contribution in [0.1, 0.15) is 17.5 Å². The third-order valence-corrected chi connectivity index (χ3v) is 3.35. The number of rotatable bonds is 4. The predicted molar refractivity (Wildman–Crippen MR) is 75.3 cm³/mol. The minimum Gasteiger partial charge on any atom is -0.385 e. The largest absolute Gasteiger partial charge is 0.385 e. The highest BCUT2D eigenvalue weighted by atomic mass is 16.5. The second-order valence-corrected chi connectivity index (χ2v) is 4.62. The van der Waals surface area contributed by atoms with Crippen LogP contribution in [0.3, 0.4) is 0 Å². The Morgan fingerprint density at radius 3 is 2.80 bits per heavy atom. The summed E-state index contributed by atoms with van der Waals surface area (Å²) in [6.07, 6.45) is 0.671. The van der Waals surface area contributed by atoms with Crippen molar-refractivity contribution in [2.24, 2.45) is 7.05 Å². The highest BCUT2D eigenvalue weighted by Crippen LogP contribution is 2.24. The average Bonchev–Trinajstić information content (AvgIpc) is 2.69. The van der Waals surface area contributed by atoms with Gasteiger partial charge in [0.2, 0.25) is 0 Å². The highest BCUT2D eigenvalue weighted by Gasteiger charge is 2.19. The number of anilines is 1. The lowest BCUT2D eigenvalue weighted by atomic mass is 10.1. The van der Waals surface area contributed by atoms with Crippen molar-refractivity contribution in [2.75, 3.05) is 19.5 Å². The maximum Gasteiger partial charge on any atom is 0.270 e. The smallest absolute Gasteiger partial charge is 0.270 e. The van der Waals surface area contributed by atoms with Crippen molar-refractivity contribution in [1.82, 2.24) is 14.3 Å². The first-order chi connectivity index (χ1) is 9.52. The van der Waals surface area contributed by atoms with Crippen LogP contribution in [-0.2, 0) is 18.3 Å². The fraction of sp³-hybridized carbons (Fsp3) is 0.462. The molecule has 0 aliphatic carbocycles. The van der Waals surface area contributed by atoms with Crippen LogP contribution in [-0.4, -0.2) is 28.1 Å². The van der Waals surface area contributed by atoms with Gasteiger partial charge in [0.05, 0.1) is 5.39 Å². The third kappa shape index (κ3) is 2.04. The minimum atomic E-state index is -0.309.